The fourth-order valence-corrected chi connectivity index (χ4v) is 3.26. The van der Waals surface area contributed by atoms with Gasteiger partial charge < -0.3 is 25.5 Å². The fourth-order valence-electron chi connectivity index (χ4n) is 3.26. The van der Waals surface area contributed by atoms with Gasteiger partial charge in [0.1, 0.15) is 0 Å². The van der Waals surface area contributed by atoms with Gasteiger partial charge in [0.15, 0.2) is 17.0 Å². The molecule has 28 heavy (non-hydrogen) atoms. The molecule has 10 nitrogen and oxygen atoms in total. The number of nitrogen functional groups attached to an aromatic ring is 1. The minimum atomic E-state index is -1.01. The van der Waals surface area contributed by atoms with Crippen LogP contribution in [0.1, 0.15) is 38.1 Å². The number of carboxylic acids is 1. The zero-order chi connectivity index (χ0) is 19.7. The number of ether oxygens (including phenoxy) is 1. The van der Waals surface area contributed by atoms with Gasteiger partial charge in [-0.05, 0) is 19.3 Å². The zero-order valence-electron chi connectivity index (χ0n) is 15.2. The molecule has 4 rings (SSSR count). The van der Waals surface area contributed by atoms with Crippen LogP contribution in [0.4, 0.5) is 11.8 Å². The third kappa shape index (κ3) is 4.05. The fraction of sp³-hybridized carbons (Fsp3) is 0.500. The van der Waals surface area contributed by atoms with Gasteiger partial charge in [-0.25, -0.2) is 4.98 Å². The highest BCUT2D eigenvalue weighted by Crippen LogP contribution is 2.33. The summed E-state index contributed by atoms with van der Waals surface area (Å²) >= 11 is 0. The first-order chi connectivity index (χ1) is 13.5. The largest absolute Gasteiger partial charge is 0.481 e. The van der Waals surface area contributed by atoms with Crippen LogP contribution in [0, 0.1) is 5.92 Å². The highest BCUT2D eigenvalue weighted by Gasteiger charge is 2.27. The van der Waals surface area contributed by atoms with E-state index in [2.05, 4.69) is 20.3 Å². The van der Waals surface area contributed by atoms with Crippen LogP contribution in [0.3, 0.4) is 0 Å². The van der Waals surface area contributed by atoms with Gasteiger partial charge in [0.25, 0.3) is 0 Å². The number of carbonyl (C=O) groups excluding carboxylic acids is 1. The van der Waals surface area contributed by atoms with E-state index in [-0.39, 0.29) is 37.4 Å². The molecular formula is C18H22N6O4. The summed E-state index contributed by atoms with van der Waals surface area (Å²) < 4.78 is 7.14. The third-order valence-electron chi connectivity index (χ3n) is 4.87. The summed E-state index contributed by atoms with van der Waals surface area (Å²) in [6.07, 6.45) is 8.38. The van der Waals surface area contributed by atoms with Gasteiger partial charge in [-0.1, -0.05) is 12.2 Å². The van der Waals surface area contributed by atoms with Crippen LogP contribution in [0.25, 0.3) is 11.2 Å². The lowest BCUT2D eigenvalue weighted by Gasteiger charge is -2.14. The number of nitrogens with zero attached hydrogens (tertiary/aromatic N) is 4. The SMILES string of the molecule is Nc1nc(NC2CC2)c2ncn(C3C=CC(COC(=O)CCC(=O)O)C3)c2n1. The lowest BCUT2D eigenvalue weighted by molar-refractivity contribution is -0.148. The Kier molecular flexibility index (Phi) is 4.84. The molecule has 0 amide bonds. The predicted octanol–water partition coefficient (Wildman–Crippen LogP) is 1.51. The monoisotopic (exact) mass is 386 g/mol. The van der Waals surface area contributed by atoms with E-state index >= 15 is 0 Å². The number of aliphatic carboxylic acids is 1. The lowest BCUT2D eigenvalue weighted by Crippen LogP contribution is -2.14. The van der Waals surface area contributed by atoms with Crippen molar-refractivity contribution in [3.8, 4) is 0 Å². The van der Waals surface area contributed by atoms with E-state index in [0.717, 1.165) is 19.3 Å². The molecule has 2 unspecified atom stereocenters. The number of fused-ring (bicyclic) bond motifs is 1. The number of nitrogens with one attached hydrogen (secondary N) is 1. The van der Waals surface area contributed by atoms with Crippen LogP contribution in [0.15, 0.2) is 18.5 Å². The van der Waals surface area contributed by atoms with Crippen LogP contribution in [0.2, 0.25) is 0 Å². The molecular weight excluding hydrogens is 364 g/mol. The Bertz CT molecular complexity index is 936. The maximum atomic E-state index is 11.6. The second-order valence-corrected chi connectivity index (χ2v) is 7.20. The number of imidazole rings is 1. The summed E-state index contributed by atoms with van der Waals surface area (Å²) in [7, 11) is 0. The van der Waals surface area contributed by atoms with Crippen molar-refractivity contribution < 1.29 is 19.4 Å². The number of esters is 1. The van der Waals surface area contributed by atoms with Crippen molar-refractivity contribution in [1.82, 2.24) is 19.5 Å². The van der Waals surface area contributed by atoms with Crippen molar-refractivity contribution in [2.24, 2.45) is 5.92 Å². The van der Waals surface area contributed by atoms with E-state index < -0.39 is 11.9 Å². The molecule has 10 heteroatoms. The summed E-state index contributed by atoms with van der Waals surface area (Å²) in [4.78, 5) is 35.2. The molecule has 0 saturated heterocycles. The van der Waals surface area contributed by atoms with E-state index in [1.54, 1.807) is 6.33 Å². The van der Waals surface area contributed by atoms with Crippen molar-refractivity contribution in [2.45, 2.75) is 44.2 Å². The zero-order valence-corrected chi connectivity index (χ0v) is 15.2. The molecule has 4 N–H and O–H groups in total. The van der Waals surface area contributed by atoms with Crippen molar-refractivity contribution >= 4 is 34.9 Å². The van der Waals surface area contributed by atoms with E-state index in [0.29, 0.717) is 23.0 Å². The lowest BCUT2D eigenvalue weighted by atomic mass is 10.1. The first kappa shape index (κ1) is 18.2. The van der Waals surface area contributed by atoms with Crippen molar-refractivity contribution in [2.75, 3.05) is 17.7 Å². The normalized spacial score (nSPS) is 21.1. The van der Waals surface area contributed by atoms with Crippen LogP contribution in [-0.2, 0) is 14.3 Å². The molecule has 0 radical (unpaired) electrons. The predicted molar refractivity (Wildman–Crippen MR) is 100 cm³/mol. The Morgan fingerprint density at radius 3 is 2.86 bits per heavy atom. The summed E-state index contributed by atoms with van der Waals surface area (Å²) in [5.74, 6) is -0.595. The van der Waals surface area contributed by atoms with Gasteiger partial charge in [-0.3, -0.25) is 9.59 Å². The average molecular weight is 386 g/mol. The number of hydrogen-bond acceptors (Lipinski definition) is 8. The van der Waals surface area contributed by atoms with Gasteiger partial charge in [-0.15, -0.1) is 0 Å². The summed E-state index contributed by atoms with van der Waals surface area (Å²) in [6, 6.07) is 0.449. The van der Waals surface area contributed by atoms with Gasteiger partial charge >= 0.3 is 11.9 Å². The van der Waals surface area contributed by atoms with Gasteiger partial charge in [0, 0.05) is 12.0 Å². The Labute approximate surface area is 160 Å². The molecule has 0 aliphatic heterocycles. The molecule has 2 atom stereocenters. The highest BCUT2D eigenvalue weighted by molar-refractivity contribution is 5.84. The summed E-state index contributed by atoms with van der Waals surface area (Å²) in [5, 5.41) is 11.9. The van der Waals surface area contributed by atoms with E-state index in [4.69, 9.17) is 15.6 Å². The molecule has 2 heterocycles. The Balaban J connectivity index is 1.41. The first-order valence-electron chi connectivity index (χ1n) is 9.32. The van der Waals surface area contributed by atoms with Crippen molar-refractivity contribution in [3.63, 3.8) is 0 Å². The smallest absolute Gasteiger partial charge is 0.306 e. The molecule has 0 bridgehead atoms. The van der Waals surface area contributed by atoms with Gasteiger partial charge in [0.05, 0.1) is 31.8 Å². The van der Waals surface area contributed by atoms with Crippen molar-refractivity contribution in [1.29, 1.82) is 0 Å². The number of carbonyl (C=O) groups is 2. The standard InChI is InChI=1S/C18H22N6O4/c19-18-22-16(21-11-2-3-11)15-17(23-18)24(9-20-15)12-4-1-10(7-12)8-28-14(27)6-5-13(25)26/h1,4,9-12H,2-3,5-8H2,(H,25,26)(H3,19,21,22,23). The number of allylic oxidation sites excluding steroid dienone is 1. The van der Waals surface area contributed by atoms with Crippen LogP contribution < -0.4 is 11.1 Å². The minimum absolute atomic E-state index is 0.0239. The van der Waals surface area contributed by atoms with Crippen LogP contribution >= 0.6 is 0 Å². The van der Waals surface area contributed by atoms with Crippen molar-refractivity contribution in [3.05, 3.63) is 18.5 Å². The maximum absolute atomic E-state index is 11.6. The summed E-state index contributed by atoms with van der Waals surface area (Å²) in [6.45, 7) is 0.226. The number of hydrogen-bond donors (Lipinski definition) is 3. The van der Waals surface area contributed by atoms with E-state index in [1.165, 1.54) is 0 Å². The Morgan fingerprint density at radius 2 is 2.11 bits per heavy atom. The van der Waals surface area contributed by atoms with Crippen LogP contribution in [-0.4, -0.2) is 49.2 Å². The molecule has 2 aliphatic carbocycles. The number of nitrogens with two attached hydrogens (primary N) is 1. The number of aromatic nitrogens is 4. The molecule has 148 valence electrons. The Hall–Kier alpha value is -3.17. The van der Waals surface area contributed by atoms with E-state index in [1.807, 2.05) is 16.7 Å². The second kappa shape index (κ2) is 7.45. The number of anilines is 2. The number of rotatable bonds is 8. The molecule has 0 aromatic carbocycles. The topological polar surface area (TPSA) is 145 Å². The van der Waals surface area contributed by atoms with Gasteiger partial charge in [-0.2, -0.15) is 9.97 Å². The van der Waals surface area contributed by atoms with E-state index in [9.17, 15) is 9.59 Å². The average Bonchev–Trinajstić information content (AvgIpc) is 3.17. The molecule has 2 aromatic heterocycles. The highest BCUT2D eigenvalue weighted by atomic mass is 16.5. The minimum Gasteiger partial charge on any atom is -0.481 e. The maximum Gasteiger partial charge on any atom is 0.306 e. The second-order valence-electron chi connectivity index (χ2n) is 7.20. The molecule has 1 fully saturated rings. The molecule has 2 aliphatic rings. The molecule has 0 spiro atoms. The van der Waals surface area contributed by atoms with Gasteiger partial charge in [0.2, 0.25) is 5.95 Å². The third-order valence-corrected chi connectivity index (χ3v) is 4.87. The summed E-state index contributed by atoms with van der Waals surface area (Å²) in [5.41, 5.74) is 7.25. The quantitative estimate of drug-likeness (QED) is 0.454. The van der Waals surface area contributed by atoms with Crippen LogP contribution in [0.5, 0.6) is 0 Å². The number of carboxylic acid groups (broad SMARTS) is 1. The first-order valence-corrected chi connectivity index (χ1v) is 9.32. The Morgan fingerprint density at radius 1 is 1.29 bits per heavy atom. The molecule has 1 saturated carbocycles. The molecule has 2 aromatic rings.